The molecular formula is C15H12Cl2N2O3. The molecule has 1 aromatic heterocycles. The number of anilines is 1. The highest BCUT2D eigenvalue weighted by molar-refractivity contribution is 6.44. The van der Waals surface area contributed by atoms with Crippen molar-refractivity contribution in [2.45, 2.75) is 6.92 Å². The molecule has 0 saturated carbocycles. The van der Waals surface area contributed by atoms with Crippen LogP contribution in [0.2, 0.25) is 10.0 Å². The van der Waals surface area contributed by atoms with E-state index in [0.29, 0.717) is 10.7 Å². The van der Waals surface area contributed by atoms with Crippen molar-refractivity contribution in [1.29, 1.82) is 0 Å². The minimum absolute atomic E-state index is 0.0618. The normalized spacial score (nSPS) is 10.1. The fourth-order valence-corrected chi connectivity index (χ4v) is 2.01. The number of nitrogens with zero attached hydrogens (tertiary/aromatic N) is 1. The highest BCUT2D eigenvalue weighted by Gasteiger charge is 2.14. The molecule has 1 N–H and O–H groups in total. The smallest absolute Gasteiger partial charge is 0.356 e. The first-order valence-corrected chi connectivity index (χ1v) is 7.18. The SMILES string of the molecule is CCOC(=O)c1cccc(C(=O)Nc2cccc(Cl)c2Cl)n1. The van der Waals surface area contributed by atoms with E-state index in [-0.39, 0.29) is 23.0 Å². The third kappa shape index (κ3) is 3.75. The van der Waals surface area contributed by atoms with Crippen molar-refractivity contribution in [1.82, 2.24) is 4.98 Å². The molecular weight excluding hydrogens is 327 g/mol. The van der Waals surface area contributed by atoms with E-state index in [1.807, 2.05) is 0 Å². The van der Waals surface area contributed by atoms with Gasteiger partial charge in [-0.05, 0) is 31.2 Å². The van der Waals surface area contributed by atoms with Gasteiger partial charge in [0.1, 0.15) is 11.4 Å². The summed E-state index contributed by atoms with van der Waals surface area (Å²) in [6.45, 7) is 1.92. The van der Waals surface area contributed by atoms with Crippen molar-refractivity contribution >= 4 is 40.8 Å². The first-order valence-electron chi connectivity index (χ1n) is 6.42. The number of esters is 1. The third-order valence-electron chi connectivity index (χ3n) is 2.67. The predicted octanol–water partition coefficient (Wildman–Crippen LogP) is 3.82. The number of carbonyl (C=O) groups excluding carboxylic acids is 2. The standard InChI is InChI=1S/C15H12Cl2N2O3/c1-2-22-15(21)12-8-4-7-11(18-12)14(20)19-10-6-3-5-9(16)13(10)17/h3-8H,2H2,1H3,(H,19,20). The highest BCUT2D eigenvalue weighted by Crippen LogP contribution is 2.29. The van der Waals surface area contributed by atoms with E-state index in [1.165, 1.54) is 12.1 Å². The van der Waals surface area contributed by atoms with Crippen LogP contribution in [0.25, 0.3) is 0 Å². The summed E-state index contributed by atoms with van der Waals surface area (Å²) in [5.41, 5.74) is 0.496. The zero-order chi connectivity index (χ0) is 16.1. The number of pyridine rings is 1. The van der Waals surface area contributed by atoms with Crippen LogP contribution in [-0.2, 0) is 4.74 Å². The van der Waals surface area contributed by atoms with Crippen LogP contribution in [0.1, 0.15) is 27.9 Å². The third-order valence-corrected chi connectivity index (χ3v) is 3.48. The molecule has 0 atom stereocenters. The topological polar surface area (TPSA) is 68.3 Å². The fraction of sp³-hybridized carbons (Fsp3) is 0.133. The molecule has 2 aromatic rings. The van der Waals surface area contributed by atoms with Gasteiger partial charge in [0.25, 0.3) is 5.91 Å². The van der Waals surface area contributed by atoms with Gasteiger partial charge in [0.05, 0.1) is 22.3 Å². The van der Waals surface area contributed by atoms with Crippen molar-refractivity contribution in [3.8, 4) is 0 Å². The van der Waals surface area contributed by atoms with E-state index >= 15 is 0 Å². The molecule has 0 aliphatic rings. The van der Waals surface area contributed by atoms with Crippen LogP contribution in [0.5, 0.6) is 0 Å². The van der Waals surface area contributed by atoms with Crippen LogP contribution >= 0.6 is 23.2 Å². The Kier molecular flexibility index (Phi) is 5.35. The molecule has 2 rings (SSSR count). The molecule has 1 amide bonds. The molecule has 0 aliphatic heterocycles. The van der Waals surface area contributed by atoms with E-state index in [9.17, 15) is 9.59 Å². The van der Waals surface area contributed by atoms with Gasteiger partial charge in [0.15, 0.2) is 0 Å². The molecule has 0 fully saturated rings. The monoisotopic (exact) mass is 338 g/mol. The lowest BCUT2D eigenvalue weighted by Crippen LogP contribution is -2.16. The zero-order valence-corrected chi connectivity index (χ0v) is 13.1. The van der Waals surface area contributed by atoms with Crippen molar-refractivity contribution in [3.63, 3.8) is 0 Å². The Balaban J connectivity index is 2.21. The Labute approximate surface area is 137 Å². The van der Waals surface area contributed by atoms with Gasteiger partial charge >= 0.3 is 5.97 Å². The van der Waals surface area contributed by atoms with E-state index in [1.54, 1.807) is 31.2 Å². The summed E-state index contributed by atoms with van der Waals surface area (Å²) in [6, 6.07) is 9.39. The van der Waals surface area contributed by atoms with Crippen LogP contribution in [0.4, 0.5) is 5.69 Å². The molecule has 7 heteroatoms. The van der Waals surface area contributed by atoms with Gasteiger partial charge in [-0.15, -0.1) is 0 Å². The summed E-state index contributed by atoms with van der Waals surface area (Å²) in [6.07, 6.45) is 0. The largest absolute Gasteiger partial charge is 0.461 e. The summed E-state index contributed by atoms with van der Waals surface area (Å²) >= 11 is 11.9. The molecule has 0 aliphatic carbocycles. The molecule has 0 radical (unpaired) electrons. The Bertz CT molecular complexity index is 720. The maximum absolute atomic E-state index is 12.2. The lowest BCUT2D eigenvalue weighted by atomic mass is 10.2. The number of carbonyl (C=O) groups is 2. The summed E-state index contributed by atoms with van der Waals surface area (Å²) in [7, 11) is 0. The molecule has 0 bridgehead atoms. The summed E-state index contributed by atoms with van der Waals surface area (Å²) in [5.74, 6) is -1.09. The van der Waals surface area contributed by atoms with Gasteiger partial charge in [-0.25, -0.2) is 9.78 Å². The number of nitrogens with one attached hydrogen (secondary N) is 1. The number of rotatable bonds is 4. The predicted molar refractivity (Wildman–Crippen MR) is 84.6 cm³/mol. The van der Waals surface area contributed by atoms with Crippen molar-refractivity contribution < 1.29 is 14.3 Å². The van der Waals surface area contributed by atoms with Gasteiger partial charge in [-0.2, -0.15) is 0 Å². The average Bonchev–Trinajstić information content (AvgIpc) is 2.52. The van der Waals surface area contributed by atoms with E-state index in [4.69, 9.17) is 27.9 Å². The van der Waals surface area contributed by atoms with Crippen LogP contribution in [0, 0.1) is 0 Å². The number of hydrogen-bond donors (Lipinski definition) is 1. The molecule has 5 nitrogen and oxygen atoms in total. The fourth-order valence-electron chi connectivity index (χ4n) is 1.67. The van der Waals surface area contributed by atoms with E-state index in [2.05, 4.69) is 10.3 Å². The lowest BCUT2D eigenvalue weighted by Gasteiger charge is -2.08. The van der Waals surface area contributed by atoms with Gasteiger partial charge in [-0.3, -0.25) is 4.79 Å². The van der Waals surface area contributed by atoms with Crippen molar-refractivity contribution in [2.24, 2.45) is 0 Å². The molecule has 0 saturated heterocycles. The average molecular weight is 339 g/mol. The second-order valence-corrected chi connectivity index (χ2v) is 4.97. The summed E-state index contributed by atoms with van der Waals surface area (Å²) in [5, 5.41) is 3.16. The maximum atomic E-state index is 12.2. The van der Waals surface area contributed by atoms with Gasteiger partial charge in [-0.1, -0.05) is 35.3 Å². The van der Waals surface area contributed by atoms with Gasteiger partial charge in [0, 0.05) is 0 Å². The zero-order valence-electron chi connectivity index (χ0n) is 11.6. The van der Waals surface area contributed by atoms with Crippen LogP contribution in [0.3, 0.4) is 0 Å². The summed E-state index contributed by atoms with van der Waals surface area (Å²) < 4.78 is 4.84. The minimum atomic E-state index is -0.585. The first kappa shape index (κ1) is 16.3. The Morgan fingerprint density at radius 3 is 2.55 bits per heavy atom. The number of amides is 1. The maximum Gasteiger partial charge on any atom is 0.356 e. The number of benzene rings is 1. The van der Waals surface area contributed by atoms with Crippen LogP contribution in [0.15, 0.2) is 36.4 Å². The van der Waals surface area contributed by atoms with Crippen LogP contribution < -0.4 is 5.32 Å². The Morgan fingerprint density at radius 1 is 1.14 bits per heavy atom. The quantitative estimate of drug-likeness (QED) is 0.860. The number of ether oxygens (including phenoxy) is 1. The Hall–Kier alpha value is -2.11. The molecule has 22 heavy (non-hydrogen) atoms. The molecule has 1 heterocycles. The van der Waals surface area contributed by atoms with Gasteiger partial charge in [0.2, 0.25) is 0 Å². The van der Waals surface area contributed by atoms with Crippen LogP contribution in [-0.4, -0.2) is 23.5 Å². The van der Waals surface area contributed by atoms with Gasteiger partial charge < -0.3 is 10.1 Å². The molecule has 114 valence electrons. The second-order valence-electron chi connectivity index (χ2n) is 4.18. The second kappa shape index (κ2) is 7.24. The van der Waals surface area contributed by atoms with E-state index < -0.39 is 11.9 Å². The number of halogens is 2. The Morgan fingerprint density at radius 2 is 1.82 bits per heavy atom. The number of hydrogen-bond acceptors (Lipinski definition) is 4. The number of aromatic nitrogens is 1. The first-order chi connectivity index (χ1) is 10.5. The summed E-state index contributed by atoms with van der Waals surface area (Å²) in [4.78, 5) is 27.8. The minimum Gasteiger partial charge on any atom is -0.461 e. The molecule has 0 spiro atoms. The van der Waals surface area contributed by atoms with E-state index in [0.717, 1.165) is 0 Å². The van der Waals surface area contributed by atoms with Crippen molar-refractivity contribution in [3.05, 3.63) is 57.8 Å². The molecule has 1 aromatic carbocycles. The highest BCUT2D eigenvalue weighted by atomic mass is 35.5. The molecule has 0 unspecified atom stereocenters. The van der Waals surface area contributed by atoms with Crippen molar-refractivity contribution in [2.75, 3.05) is 11.9 Å². The lowest BCUT2D eigenvalue weighted by molar-refractivity contribution is 0.0519.